The first-order valence-electron chi connectivity index (χ1n) is 5.70. The average molecular weight is 264 g/mol. The van der Waals surface area contributed by atoms with Crippen LogP contribution in [0.4, 0.5) is 0 Å². The molecule has 0 aromatic heterocycles. The van der Waals surface area contributed by atoms with E-state index in [1.54, 1.807) is 7.11 Å². The summed E-state index contributed by atoms with van der Waals surface area (Å²) in [5, 5.41) is 0. The molecule has 0 aliphatic rings. The maximum atomic E-state index is 5.83. The van der Waals surface area contributed by atoms with Crippen LogP contribution >= 0.6 is 12.4 Å². The Bertz CT molecular complexity index is 494. The minimum absolute atomic E-state index is 0. The lowest BCUT2D eigenvalue weighted by atomic mass is 10.0. The third-order valence-corrected chi connectivity index (χ3v) is 2.84. The molecule has 0 saturated carbocycles. The molecule has 0 amide bonds. The Hall–Kier alpha value is -1.51. The molecule has 3 heteroatoms. The van der Waals surface area contributed by atoms with Crippen molar-refractivity contribution in [3.05, 3.63) is 54.1 Å². The van der Waals surface area contributed by atoms with Gasteiger partial charge in [-0.15, -0.1) is 12.4 Å². The molecule has 2 aromatic rings. The molecule has 0 bridgehead atoms. The van der Waals surface area contributed by atoms with Gasteiger partial charge in [-0.25, -0.2) is 0 Å². The number of benzene rings is 2. The molecular formula is C15H18ClNO. The minimum Gasteiger partial charge on any atom is -0.497 e. The maximum Gasteiger partial charge on any atom is 0.119 e. The van der Waals surface area contributed by atoms with Crippen molar-refractivity contribution < 1.29 is 4.74 Å². The minimum atomic E-state index is 0. The molecule has 0 radical (unpaired) electrons. The molecule has 0 saturated heterocycles. The summed E-state index contributed by atoms with van der Waals surface area (Å²) in [5.74, 6) is 0.874. The summed E-state index contributed by atoms with van der Waals surface area (Å²) in [6.07, 6.45) is 0. The summed E-state index contributed by atoms with van der Waals surface area (Å²) < 4.78 is 5.22. The van der Waals surface area contributed by atoms with Crippen molar-refractivity contribution in [3.8, 4) is 16.9 Å². The third kappa shape index (κ3) is 3.25. The van der Waals surface area contributed by atoms with Crippen LogP contribution in [0, 0.1) is 0 Å². The summed E-state index contributed by atoms with van der Waals surface area (Å²) >= 11 is 0. The number of nitrogens with two attached hydrogens (primary N) is 1. The van der Waals surface area contributed by atoms with E-state index in [2.05, 4.69) is 30.3 Å². The first kappa shape index (κ1) is 14.6. The fourth-order valence-electron chi connectivity index (χ4n) is 1.78. The number of hydrogen-bond acceptors (Lipinski definition) is 2. The van der Waals surface area contributed by atoms with Crippen LogP contribution in [0.2, 0.25) is 0 Å². The Kier molecular flexibility index (Phi) is 5.20. The molecule has 0 aliphatic carbocycles. The predicted molar refractivity (Wildman–Crippen MR) is 78.3 cm³/mol. The maximum absolute atomic E-state index is 5.83. The highest BCUT2D eigenvalue weighted by Gasteiger charge is 2.02. The Morgan fingerprint density at radius 3 is 2.22 bits per heavy atom. The monoisotopic (exact) mass is 263 g/mol. The van der Waals surface area contributed by atoms with E-state index in [-0.39, 0.29) is 18.4 Å². The van der Waals surface area contributed by atoms with E-state index < -0.39 is 0 Å². The molecule has 96 valence electrons. The van der Waals surface area contributed by atoms with Crippen LogP contribution in [-0.2, 0) is 0 Å². The van der Waals surface area contributed by atoms with Gasteiger partial charge in [-0.2, -0.15) is 0 Å². The van der Waals surface area contributed by atoms with Gasteiger partial charge in [0.2, 0.25) is 0 Å². The van der Waals surface area contributed by atoms with Crippen LogP contribution < -0.4 is 10.5 Å². The fraction of sp³-hybridized carbons (Fsp3) is 0.200. The van der Waals surface area contributed by atoms with Crippen molar-refractivity contribution in [2.45, 2.75) is 13.0 Å². The van der Waals surface area contributed by atoms with E-state index in [0.717, 1.165) is 16.9 Å². The van der Waals surface area contributed by atoms with Gasteiger partial charge in [-0.3, -0.25) is 0 Å². The summed E-state index contributed by atoms with van der Waals surface area (Å²) in [6.45, 7) is 1.99. The molecule has 2 nitrogen and oxygen atoms in total. The lowest BCUT2D eigenvalue weighted by Crippen LogP contribution is -2.04. The highest BCUT2D eigenvalue weighted by atomic mass is 35.5. The van der Waals surface area contributed by atoms with E-state index in [1.807, 2.05) is 25.1 Å². The second kappa shape index (κ2) is 6.43. The zero-order chi connectivity index (χ0) is 12.3. The van der Waals surface area contributed by atoms with E-state index in [9.17, 15) is 0 Å². The van der Waals surface area contributed by atoms with Crippen molar-refractivity contribution in [2.75, 3.05) is 7.11 Å². The van der Waals surface area contributed by atoms with Gasteiger partial charge >= 0.3 is 0 Å². The molecule has 0 fully saturated rings. The predicted octanol–water partition coefficient (Wildman–Crippen LogP) is 3.80. The lowest BCUT2D eigenvalue weighted by Gasteiger charge is -2.08. The van der Waals surface area contributed by atoms with Crippen molar-refractivity contribution in [2.24, 2.45) is 5.73 Å². The van der Waals surface area contributed by atoms with Crippen molar-refractivity contribution >= 4 is 12.4 Å². The molecule has 0 aliphatic heterocycles. The molecular weight excluding hydrogens is 246 g/mol. The summed E-state index contributed by atoms with van der Waals surface area (Å²) in [6, 6.07) is 16.4. The van der Waals surface area contributed by atoms with E-state index >= 15 is 0 Å². The Morgan fingerprint density at radius 2 is 1.67 bits per heavy atom. The lowest BCUT2D eigenvalue weighted by molar-refractivity contribution is 0.415. The van der Waals surface area contributed by atoms with Gasteiger partial charge < -0.3 is 10.5 Å². The molecule has 0 spiro atoms. The number of ether oxygens (including phenoxy) is 1. The molecule has 2 N–H and O–H groups in total. The standard InChI is InChI=1S/C15H17NO.ClH/c1-11(16)12-6-8-13(9-7-12)14-4-3-5-15(10-14)17-2;/h3-11H,16H2,1-2H3;1H/t11-;/m0./s1. The zero-order valence-electron chi connectivity index (χ0n) is 10.6. The second-order valence-corrected chi connectivity index (χ2v) is 4.14. The number of rotatable bonds is 3. The number of hydrogen-bond donors (Lipinski definition) is 1. The van der Waals surface area contributed by atoms with Crippen LogP contribution in [0.25, 0.3) is 11.1 Å². The third-order valence-electron chi connectivity index (χ3n) is 2.84. The van der Waals surface area contributed by atoms with Crippen LogP contribution in [0.3, 0.4) is 0 Å². The van der Waals surface area contributed by atoms with Crippen LogP contribution in [-0.4, -0.2) is 7.11 Å². The molecule has 2 aromatic carbocycles. The fourth-order valence-corrected chi connectivity index (χ4v) is 1.78. The Balaban J connectivity index is 0.00000162. The van der Waals surface area contributed by atoms with Crippen LogP contribution in [0.1, 0.15) is 18.5 Å². The summed E-state index contributed by atoms with van der Waals surface area (Å²) in [4.78, 5) is 0. The van der Waals surface area contributed by atoms with E-state index in [0.29, 0.717) is 0 Å². The molecule has 0 unspecified atom stereocenters. The van der Waals surface area contributed by atoms with Gasteiger partial charge in [-0.1, -0.05) is 36.4 Å². The van der Waals surface area contributed by atoms with Crippen LogP contribution in [0.5, 0.6) is 5.75 Å². The molecule has 0 heterocycles. The number of halogens is 1. The van der Waals surface area contributed by atoms with Crippen LogP contribution in [0.15, 0.2) is 48.5 Å². The van der Waals surface area contributed by atoms with Gasteiger partial charge in [0.25, 0.3) is 0 Å². The normalized spacial score (nSPS) is 11.5. The topological polar surface area (TPSA) is 35.2 Å². The van der Waals surface area contributed by atoms with Crippen molar-refractivity contribution in [3.63, 3.8) is 0 Å². The Labute approximate surface area is 114 Å². The largest absolute Gasteiger partial charge is 0.497 e. The van der Waals surface area contributed by atoms with Gasteiger partial charge in [0, 0.05) is 6.04 Å². The first-order valence-corrected chi connectivity index (χ1v) is 5.70. The van der Waals surface area contributed by atoms with E-state index in [4.69, 9.17) is 10.5 Å². The molecule has 1 atom stereocenters. The highest BCUT2D eigenvalue weighted by molar-refractivity contribution is 5.85. The Morgan fingerprint density at radius 1 is 1.00 bits per heavy atom. The van der Waals surface area contributed by atoms with Gasteiger partial charge in [0.1, 0.15) is 5.75 Å². The molecule has 18 heavy (non-hydrogen) atoms. The van der Waals surface area contributed by atoms with Crippen molar-refractivity contribution in [1.29, 1.82) is 0 Å². The number of methoxy groups -OCH3 is 1. The quantitative estimate of drug-likeness (QED) is 0.914. The van der Waals surface area contributed by atoms with Gasteiger partial charge in [-0.05, 0) is 35.7 Å². The summed E-state index contributed by atoms with van der Waals surface area (Å²) in [7, 11) is 1.68. The van der Waals surface area contributed by atoms with Gasteiger partial charge in [0.05, 0.1) is 7.11 Å². The average Bonchev–Trinajstić information content (AvgIpc) is 2.39. The second-order valence-electron chi connectivity index (χ2n) is 4.14. The molecule has 2 rings (SSSR count). The smallest absolute Gasteiger partial charge is 0.119 e. The highest BCUT2D eigenvalue weighted by Crippen LogP contribution is 2.24. The van der Waals surface area contributed by atoms with E-state index in [1.165, 1.54) is 5.56 Å². The first-order chi connectivity index (χ1) is 8.20. The SMILES string of the molecule is COc1cccc(-c2ccc([C@H](C)N)cc2)c1.Cl. The zero-order valence-corrected chi connectivity index (χ0v) is 11.4. The van der Waals surface area contributed by atoms with Gasteiger partial charge in [0.15, 0.2) is 0 Å². The van der Waals surface area contributed by atoms with Crippen molar-refractivity contribution in [1.82, 2.24) is 0 Å². The summed E-state index contributed by atoms with van der Waals surface area (Å²) in [5.41, 5.74) is 9.31.